The molecule has 1 aliphatic rings. The Kier molecular flexibility index (Phi) is 3.64. The molecule has 2 aromatic carbocycles. The number of benzene rings is 2. The second-order valence-corrected chi connectivity index (χ2v) is 6.46. The zero-order valence-corrected chi connectivity index (χ0v) is 13.0. The van der Waals surface area contributed by atoms with Crippen molar-refractivity contribution in [1.82, 2.24) is 0 Å². The van der Waals surface area contributed by atoms with Crippen LogP contribution in [-0.2, 0) is 4.79 Å². The molecule has 0 aromatic heterocycles. The highest BCUT2D eigenvalue weighted by Gasteiger charge is 2.34. The van der Waals surface area contributed by atoms with Crippen LogP contribution in [0.5, 0.6) is 0 Å². The minimum atomic E-state index is 0.00223. The van der Waals surface area contributed by atoms with Crippen LogP contribution in [0.3, 0.4) is 0 Å². The van der Waals surface area contributed by atoms with Gasteiger partial charge in [-0.15, -0.1) is 11.8 Å². The molecular weight excluding hydrogens is 280 g/mol. The standard InChI is InChI=1S/C17H18N2OS/c1-11-6-7-15(12(2)8-11)19-16(20)10-21-17(19)13-4-3-5-14(18)9-13/h3-9,17H,10,18H2,1-2H3/t17-/m1/s1. The number of aryl methyl sites for hydroxylation is 2. The van der Waals surface area contributed by atoms with Crippen LogP contribution in [0.15, 0.2) is 42.5 Å². The van der Waals surface area contributed by atoms with E-state index in [0.717, 1.165) is 22.5 Å². The lowest BCUT2D eigenvalue weighted by Gasteiger charge is -2.26. The third kappa shape index (κ3) is 2.63. The van der Waals surface area contributed by atoms with Gasteiger partial charge < -0.3 is 5.73 Å². The van der Waals surface area contributed by atoms with Crippen molar-refractivity contribution in [3.8, 4) is 0 Å². The van der Waals surface area contributed by atoms with Gasteiger partial charge >= 0.3 is 0 Å². The van der Waals surface area contributed by atoms with Crippen molar-refractivity contribution in [1.29, 1.82) is 0 Å². The van der Waals surface area contributed by atoms with Crippen LogP contribution < -0.4 is 10.6 Å². The maximum absolute atomic E-state index is 12.4. The van der Waals surface area contributed by atoms with Crippen molar-refractivity contribution in [2.75, 3.05) is 16.4 Å². The van der Waals surface area contributed by atoms with Crippen molar-refractivity contribution in [3.05, 3.63) is 59.2 Å². The molecule has 1 heterocycles. The van der Waals surface area contributed by atoms with Crippen LogP contribution in [0.25, 0.3) is 0 Å². The minimum absolute atomic E-state index is 0.00223. The van der Waals surface area contributed by atoms with Crippen molar-refractivity contribution in [2.45, 2.75) is 19.2 Å². The van der Waals surface area contributed by atoms with E-state index in [9.17, 15) is 4.79 Å². The quantitative estimate of drug-likeness (QED) is 0.861. The Balaban J connectivity index is 2.04. The number of nitrogen functional groups attached to an aromatic ring is 1. The van der Waals surface area contributed by atoms with Gasteiger partial charge in [0.25, 0.3) is 0 Å². The van der Waals surface area contributed by atoms with Crippen molar-refractivity contribution in [3.63, 3.8) is 0 Å². The summed E-state index contributed by atoms with van der Waals surface area (Å²) in [5.41, 5.74) is 11.0. The fraction of sp³-hybridized carbons (Fsp3) is 0.235. The molecule has 0 radical (unpaired) electrons. The zero-order valence-electron chi connectivity index (χ0n) is 12.2. The van der Waals surface area contributed by atoms with Gasteiger partial charge in [-0.3, -0.25) is 9.69 Å². The number of carbonyl (C=O) groups excluding carboxylic acids is 1. The zero-order chi connectivity index (χ0) is 15.0. The van der Waals surface area contributed by atoms with Gasteiger partial charge in [0.05, 0.1) is 5.75 Å². The first-order valence-corrected chi connectivity index (χ1v) is 7.97. The van der Waals surface area contributed by atoms with E-state index in [4.69, 9.17) is 5.73 Å². The smallest absolute Gasteiger partial charge is 0.238 e. The summed E-state index contributed by atoms with van der Waals surface area (Å²) in [5.74, 6) is 0.659. The molecule has 4 heteroatoms. The number of thioether (sulfide) groups is 1. The van der Waals surface area contributed by atoms with E-state index in [1.54, 1.807) is 11.8 Å². The SMILES string of the molecule is Cc1ccc(N2C(=O)CS[C@@H]2c2cccc(N)c2)c(C)c1. The average molecular weight is 298 g/mol. The molecule has 1 atom stereocenters. The summed E-state index contributed by atoms with van der Waals surface area (Å²) in [6, 6.07) is 14.0. The predicted octanol–water partition coefficient (Wildman–Crippen LogP) is 3.66. The van der Waals surface area contributed by atoms with Crippen LogP contribution in [0.1, 0.15) is 22.1 Å². The lowest BCUT2D eigenvalue weighted by Crippen LogP contribution is -2.28. The molecule has 1 amide bonds. The number of hydrogen-bond acceptors (Lipinski definition) is 3. The van der Waals surface area contributed by atoms with Crippen molar-refractivity contribution >= 4 is 29.0 Å². The van der Waals surface area contributed by atoms with Gasteiger partial charge in [0.2, 0.25) is 5.91 Å². The monoisotopic (exact) mass is 298 g/mol. The molecule has 1 saturated heterocycles. The van der Waals surface area contributed by atoms with Gasteiger partial charge in [-0.1, -0.05) is 29.8 Å². The van der Waals surface area contributed by atoms with Gasteiger partial charge in [0.15, 0.2) is 0 Å². The van der Waals surface area contributed by atoms with E-state index in [1.807, 2.05) is 35.2 Å². The van der Waals surface area contributed by atoms with Gasteiger partial charge in [0, 0.05) is 11.4 Å². The first kappa shape index (κ1) is 14.0. The molecule has 0 aliphatic carbocycles. The van der Waals surface area contributed by atoms with Gasteiger partial charge in [0.1, 0.15) is 5.37 Å². The third-order valence-corrected chi connectivity index (χ3v) is 4.89. The van der Waals surface area contributed by atoms with E-state index in [-0.39, 0.29) is 11.3 Å². The number of rotatable bonds is 2. The van der Waals surface area contributed by atoms with Crippen molar-refractivity contribution < 1.29 is 4.79 Å². The lowest BCUT2D eigenvalue weighted by atomic mass is 10.1. The average Bonchev–Trinajstić information content (AvgIpc) is 2.81. The van der Waals surface area contributed by atoms with Crippen LogP contribution in [0.4, 0.5) is 11.4 Å². The second kappa shape index (κ2) is 5.45. The molecule has 0 bridgehead atoms. The molecule has 0 spiro atoms. The van der Waals surface area contributed by atoms with E-state index < -0.39 is 0 Å². The molecule has 1 aliphatic heterocycles. The lowest BCUT2D eigenvalue weighted by molar-refractivity contribution is -0.115. The minimum Gasteiger partial charge on any atom is -0.399 e. The molecule has 2 aromatic rings. The Bertz CT molecular complexity index is 699. The Morgan fingerprint density at radius 3 is 2.71 bits per heavy atom. The molecule has 0 saturated carbocycles. The predicted molar refractivity (Wildman–Crippen MR) is 89.5 cm³/mol. The van der Waals surface area contributed by atoms with Crippen LogP contribution in [0, 0.1) is 13.8 Å². The fourth-order valence-corrected chi connectivity index (χ4v) is 3.88. The number of carbonyl (C=O) groups is 1. The number of amides is 1. The Labute approximate surface area is 129 Å². The van der Waals surface area contributed by atoms with Crippen LogP contribution in [-0.4, -0.2) is 11.7 Å². The van der Waals surface area contributed by atoms with Crippen LogP contribution >= 0.6 is 11.8 Å². The third-order valence-electron chi connectivity index (χ3n) is 3.68. The molecular formula is C17H18N2OS. The first-order valence-electron chi connectivity index (χ1n) is 6.92. The highest BCUT2D eigenvalue weighted by atomic mass is 32.2. The molecule has 2 N–H and O–H groups in total. The summed E-state index contributed by atoms with van der Waals surface area (Å²) in [6.45, 7) is 4.11. The Morgan fingerprint density at radius 1 is 1.19 bits per heavy atom. The summed E-state index contributed by atoms with van der Waals surface area (Å²) in [6.07, 6.45) is 0. The fourth-order valence-electron chi connectivity index (χ4n) is 2.72. The topological polar surface area (TPSA) is 46.3 Å². The van der Waals surface area contributed by atoms with E-state index >= 15 is 0 Å². The van der Waals surface area contributed by atoms with Gasteiger partial charge in [-0.05, 0) is 43.2 Å². The van der Waals surface area contributed by atoms with Gasteiger partial charge in [-0.25, -0.2) is 0 Å². The summed E-state index contributed by atoms with van der Waals surface area (Å²) in [7, 11) is 0. The highest BCUT2D eigenvalue weighted by molar-refractivity contribution is 8.00. The molecule has 3 nitrogen and oxygen atoms in total. The molecule has 3 rings (SSSR count). The molecule has 0 unspecified atom stereocenters. The maximum Gasteiger partial charge on any atom is 0.238 e. The molecule has 21 heavy (non-hydrogen) atoms. The Morgan fingerprint density at radius 2 is 2.00 bits per heavy atom. The maximum atomic E-state index is 12.4. The second-order valence-electron chi connectivity index (χ2n) is 5.39. The van der Waals surface area contributed by atoms with E-state index in [0.29, 0.717) is 5.75 Å². The number of anilines is 2. The summed E-state index contributed by atoms with van der Waals surface area (Å²) in [5, 5.41) is 0.00223. The van der Waals surface area contributed by atoms with Crippen molar-refractivity contribution in [2.24, 2.45) is 0 Å². The molecule has 1 fully saturated rings. The first-order chi connectivity index (χ1) is 10.1. The van der Waals surface area contributed by atoms with Gasteiger partial charge in [-0.2, -0.15) is 0 Å². The van der Waals surface area contributed by atoms with E-state index in [2.05, 4.69) is 26.0 Å². The van der Waals surface area contributed by atoms with E-state index in [1.165, 1.54) is 5.56 Å². The summed E-state index contributed by atoms with van der Waals surface area (Å²) >= 11 is 1.65. The number of nitrogens with zero attached hydrogens (tertiary/aromatic N) is 1. The molecule has 108 valence electrons. The summed E-state index contributed by atoms with van der Waals surface area (Å²) in [4.78, 5) is 14.3. The van der Waals surface area contributed by atoms with Crippen LogP contribution in [0.2, 0.25) is 0 Å². The number of hydrogen-bond donors (Lipinski definition) is 1. The Hall–Kier alpha value is -1.94. The summed E-state index contributed by atoms with van der Waals surface area (Å²) < 4.78 is 0. The normalized spacial score (nSPS) is 18.3. The highest BCUT2D eigenvalue weighted by Crippen LogP contribution is 2.43. The largest absolute Gasteiger partial charge is 0.399 e. The number of nitrogens with two attached hydrogens (primary N) is 1.